The van der Waals surface area contributed by atoms with E-state index in [-0.39, 0.29) is 30.0 Å². The van der Waals surface area contributed by atoms with Crippen molar-refractivity contribution >= 4 is 23.4 Å². The Bertz CT molecular complexity index is 635. The molecule has 2 rings (SSSR count). The van der Waals surface area contributed by atoms with Crippen LogP contribution < -0.4 is 16.8 Å². The average molecular weight is 266 g/mol. The van der Waals surface area contributed by atoms with Gasteiger partial charge in [-0.3, -0.25) is 29.4 Å². The van der Waals surface area contributed by atoms with Gasteiger partial charge in [-0.25, -0.2) is 10.5 Å². The number of hydroxylamine groups is 1. The van der Waals surface area contributed by atoms with Gasteiger partial charge in [-0.05, 0) is 0 Å². The van der Waals surface area contributed by atoms with Crippen LogP contribution >= 0.6 is 0 Å². The molecule has 0 bridgehead atoms. The number of nitrogens with zero attached hydrogens (tertiary/aromatic N) is 1. The van der Waals surface area contributed by atoms with Gasteiger partial charge in [-0.1, -0.05) is 0 Å². The molecule has 0 saturated carbocycles. The van der Waals surface area contributed by atoms with Gasteiger partial charge in [0.15, 0.2) is 11.6 Å². The Morgan fingerprint density at radius 3 is 2.79 bits per heavy atom. The summed E-state index contributed by atoms with van der Waals surface area (Å²) in [6.45, 7) is 0. The third kappa shape index (κ3) is 2.22. The normalized spacial score (nSPS) is 18.1. The highest BCUT2D eigenvalue weighted by molar-refractivity contribution is 6.14. The smallest absolute Gasteiger partial charge is 0.263 e. The van der Waals surface area contributed by atoms with E-state index in [1.54, 1.807) is 0 Å². The molecule has 1 amide bonds. The number of fused-ring (bicyclic) bond motifs is 1. The van der Waals surface area contributed by atoms with Crippen molar-refractivity contribution in [3.8, 4) is 0 Å². The number of nitrogen functional groups attached to an aromatic ring is 1. The lowest BCUT2D eigenvalue weighted by molar-refractivity contribution is -0.129. The minimum Gasteiger partial charge on any atom is -0.369 e. The van der Waals surface area contributed by atoms with Gasteiger partial charge in [-0.15, -0.1) is 0 Å². The highest BCUT2D eigenvalue weighted by atomic mass is 16.5. The van der Waals surface area contributed by atoms with Crippen LogP contribution in [0.15, 0.2) is 4.79 Å². The number of hydrogen-bond acceptors (Lipinski definition) is 7. The number of hydrogen-bond donors (Lipinski definition) is 4. The molecule has 1 aromatic rings. The molecule has 1 unspecified atom stereocenters. The van der Waals surface area contributed by atoms with Gasteiger partial charge in [0, 0.05) is 18.8 Å². The second-order valence-corrected chi connectivity index (χ2v) is 4.10. The van der Waals surface area contributed by atoms with Gasteiger partial charge in [0.05, 0.1) is 0 Å². The fraction of sp³-hybridized carbons (Fsp3) is 0.300. The fourth-order valence-corrected chi connectivity index (χ4v) is 1.97. The number of aromatic nitrogens is 2. The molecule has 1 heterocycles. The van der Waals surface area contributed by atoms with E-state index >= 15 is 0 Å². The Morgan fingerprint density at radius 2 is 2.16 bits per heavy atom. The van der Waals surface area contributed by atoms with Crippen LogP contribution in [0.5, 0.6) is 0 Å². The minimum atomic E-state index is -0.987. The van der Waals surface area contributed by atoms with Crippen molar-refractivity contribution in [3.63, 3.8) is 0 Å². The standard InChI is InChI=1S/C10H10N4O5/c11-10-12-7-4(15)1-3(2-5(16)14-19)8(17)6(7)9(18)13-10/h3,19H,1-2H2,(H,14,16)(H3,11,12,13,18). The lowest BCUT2D eigenvalue weighted by atomic mass is 9.83. The number of amides is 1. The topological polar surface area (TPSA) is 155 Å². The van der Waals surface area contributed by atoms with E-state index in [1.807, 2.05) is 0 Å². The zero-order chi connectivity index (χ0) is 14.2. The number of carbonyl (C=O) groups excluding carboxylic acids is 3. The molecule has 0 fully saturated rings. The number of nitrogens with one attached hydrogen (secondary N) is 2. The van der Waals surface area contributed by atoms with Crippen LogP contribution in [0.1, 0.15) is 33.7 Å². The molecule has 1 aliphatic rings. The van der Waals surface area contributed by atoms with Crippen molar-refractivity contribution in [1.29, 1.82) is 0 Å². The summed E-state index contributed by atoms with van der Waals surface area (Å²) < 4.78 is 0. The summed E-state index contributed by atoms with van der Waals surface area (Å²) in [5.74, 6) is -3.25. The maximum Gasteiger partial charge on any atom is 0.263 e. The Hall–Kier alpha value is -2.55. The Labute approximate surface area is 105 Å². The number of rotatable bonds is 2. The highest BCUT2D eigenvalue weighted by Gasteiger charge is 2.37. The second kappa shape index (κ2) is 4.61. The molecule has 9 nitrogen and oxygen atoms in total. The number of carbonyl (C=O) groups is 3. The Balaban J connectivity index is 2.46. The third-order valence-electron chi connectivity index (χ3n) is 2.81. The summed E-state index contributed by atoms with van der Waals surface area (Å²) in [7, 11) is 0. The first-order valence-corrected chi connectivity index (χ1v) is 5.34. The molecule has 5 N–H and O–H groups in total. The number of aromatic amines is 1. The SMILES string of the molecule is Nc1nc2c(c(=O)[nH]1)C(=O)C(CC(=O)NO)CC2=O. The van der Waals surface area contributed by atoms with Crippen molar-refractivity contribution in [3.05, 3.63) is 21.6 Å². The zero-order valence-corrected chi connectivity index (χ0v) is 9.60. The largest absolute Gasteiger partial charge is 0.369 e. The first-order valence-electron chi connectivity index (χ1n) is 5.34. The van der Waals surface area contributed by atoms with Gasteiger partial charge in [0.25, 0.3) is 5.56 Å². The van der Waals surface area contributed by atoms with Crippen LogP contribution in [0.3, 0.4) is 0 Å². The van der Waals surface area contributed by atoms with Crippen LogP contribution in [0.25, 0.3) is 0 Å². The lowest BCUT2D eigenvalue weighted by Crippen LogP contribution is -2.37. The molecule has 0 aliphatic heterocycles. The number of ketones is 2. The van der Waals surface area contributed by atoms with Crippen LogP contribution in [-0.2, 0) is 4.79 Å². The van der Waals surface area contributed by atoms with Crippen molar-refractivity contribution < 1.29 is 19.6 Å². The maximum atomic E-state index is 12.0. The third-order valence-corrected chi connectivity index (χ3v) is 2.81. The average Bonchev–Trinajstić information content (AvgIpc) is 2.34. The van der Waals surface area contributed by atoms with Gasteiger partial charge >= 0.3 is 0 Å². The molecule has 19 heavy (non-hydrogen) atoms. The van der Waals surface area contributed by atoms with Crippen molar-refractivity contribution in [2.45, 2.75) is 12.8 Å². The monoisotopic (exact) mass is 266 g/mol. The second-order valence-electron chi connectivity index (χ2n) is 4.10. The van der Waals surface area contributed by atoms with Gasteiger partial charge in [-0.2, -0.15) is 0 Å². The van der Waals surface area contributed by atoms with Gasteiger partial charge in [0.2, 0.25) is 11.9 Å². The molecule has 100 valence electrons. The van der Waals surface area contributed by atoms with E-state index in [0.29, 0.717) is 0 Å². The molecule has 0 radical (unpaired) electrons. The highest BCUT2D eigenvalue weighted by Crippen LogP contribution is 2.24. The van der Waals surface area contributed by atoms with Crippen LogP contribution in [0.2, 0.25) is 0 Å². The molecule has 1 aromatic heterocycles. The van der Waals surface area contributed by atoms with Crippen molar-refractivity contribution in [2.75, 3.05) is 5.73 Å². The number of nitrogens with two attached hydrogens (primary N) is 1. The van der Waals surface area contributed by atoms with Crippen LogP contribution in [-0.4, -0.2) is 32.6 Å². The van der Waals surface area contributed by atoms with Crippen molar-refractivity contribution in [1.82, 2.24) is 15.4 Å². The summed E-state index contributed by atoms with van der Waals surface area (Å²) in [4.78, 5) is 52.3. The number of Topliss-reactive ketones (excluding diaryl/α,β-unsaturated/α-hetero) is 2. The summed E-state index contributed by atoms with van der Waals surface area (Å²) in [5.41, 5.74) is 5.20. The van der Waals surface area contributed by atoms with E-state index < -0.39 is 29.0 Å². The first-order chi connectivity index (χ1) is 8.93. The summed E-state index contributed by atoms with van der Waals surface area (Å²) >= 11 is 0. The molecule has 1 aliphatic carbocycles. The summed E-state index contributed by atoms with van der Waals surface area (Å²) in [6, 6.07) is 0. The van der Waals surface area contributed by atoms with Crippen LogP contribution in [0, 0.1) is 5.92 Å². The Morgan fingerprint density at radius 1 is 1.47 bits per heavy atom. The lowest BCUT2D eigenvalue weighted by Gasteiger charge is -2.20. The summed E-state index contributed by atoms with van der Waals surface area (Å²) in [6.07, 6.45) is -0.639. The molecule has 9 heteroatoms. The fourth-order valence-electron chi connectivity index (χ4n) is 1.97. The quantitative estimate of drug-likeness (QED) is 0.380. The van der Waals surface area contributed by atoms with Crippen LogP contribution in [0.4, 0.5) is 5.95 Å². The summed E-state index contributed by atoms with van der Waals surface area (Å²) in [5, 5.41) is 8.41. The molecular weight excluding hydrogens is 256 g/mol. The van der Waals surface area contributed by atoms with E-state index in [2.05, 4.69) is 9.97 Å². The van der Waals surface area contributed by atoms with Gasteiger partial charge < -0.3 is 5.73 Å². The molecule has 1 atom stereocenters. The maximum absolute atomic E-state index is 12.0. The predicted octanol–water partition coefficient (Wildman–Crippen LogP) is -1.37. The minimum absolute atomic E-state index is 0.253. The molecule has 0 aromatic carbocycles. The van der Waals surface area contributed by atoms with E-state index in [1.165, 1.54) is 5.48 Å². The van der Waals surface area contributed by atoms with E-state index in [9.17, 15) is 19.2 Å². The number of anilines is 1. The first kappa shape index (κ1) is 12.9. The molecule has 0 saturated heterocycles. The Kier molecular flexibility index (Phi) is 3.13. The number of H-pyrrole nitrogens is 1. The van der Waals surface area contributed by atoms with E-state index in [4.69, 9.17) is 10.9 Å². The van der Waals surface area contributed by atoms with Gasteiger partial charge in [0.1, 0.15) is 11.3 Å². The molecular formula is C10H10N4O5. The molecule has 0 spiro atoms. The van der Waals surface area contributed by atoms with Crippen molar-refractivity contribution in [2.24, 2.45) is 5.92 Å². The van der Waals surface area contributed by atoms with E-state index in [0.717, 1.165) is 0 Å². The predicted molar refractivity (Wildman–Crippen MR) is 60.6 cm³/mol. The zero-order valence-electron chi connectivity index (χ0n) is 9.60.